The average Bonchev–Trinajstić information content (AvgIpc) is 2.49. The van der Waals surface area contributed by atoms with Gasteiger partial charge in [0.2, 0.25) is 0 Å². The number of halogens is 1. The number of aryl methyl sites for hydroxylation is 1. The van der Waals surface area contributed by atoms with Crippen molar-refractivity contribution in [1.82, 2.24) is 14.8 Å². The SMILES string of the molecule is CCCn1ncc2ccc(Cl)nc21. The minimum Gasteiger partial charge on any atom is -0.247 e. The summed E-state index contributed by atoms with van der Waals surface area (Å²) in [6.45, 7) is 2.99. The molecule has 0 fully saturated rings. The quantitative estimate of drug-likeness (QED) is 0.690. The van der Waals surface area contributed by atoms with E-state index in [9.17, 15) is 0 Å². The van der Waals surface area contributed by atoms with E-state index in [-0.39, 0.29) is 0 Å². The summed E-state index contributed by atoms with van der Waals surface area (Å²) >= 11 is 5.80. The molecule has 4 heteroatoms. The number of fused-ring (bicyclic) bond motifs is 1. The molecule has 0 aliphatic heterocycles. The lowest BCUT2D eigenvalue weighted by Gasteiger charge is -1.98. The van der Waals surface area contributed by atoms with Gasteiger partial charge in [-0.15, -0.1) is 0 Å². The highest BCUT2D eigenvalue weighted by Crippen LogP contribution is 2.14. The van der Waals surface area contributed by atoms with Crippen molar-refractivity contribution in [3.05, 3.63) is 23.5 Å². The molecule has 2 aromatic heterocycles. The first-order chi connectivity index (χ1) is 6.31. The Kier molecular flexibility index (Phi) is 2.19. The molecule has 0 aliphatic rings. The summed E-state index contributed by atoms with van der Waals surface area (Å²) in [5.74, 6) is 0. The van der Waals surface area contributed by atoms with Crippen molar-refractivity contribution >= 4 is 22.6 Å². The summed E-state index contributed by atoms with van der Waals surface area (Å²) in [6.07, 6.45) is 2.86. The molecule has 0 aromatic carbocycles. The van der Waals surface area contributed by atoms with Gasteiger partial charge in [0.25, 0.3) is 0 Å². The van der Waals surface area contributed by atoms with Gasteiger partial charge in [-0.05, 0) is 18.6 Å². The largest absolute Gasteiger partial charge is 0.247 e. The third-order valence-corrected chi connectivity index (χ3v) is 2.10. The number of aromatic nitrogens is 3. The van der Waals surface area contributed by atoms with Crippen molar-refractivity contribution in [2.45, 2.75) is 19.9 Å². The van der Waals surface area contributed by atoms with Crippen molar-refractivity contribution in [3.8, 4) is 0 Å². The van der Waals surface area contributed by atoms with Crippen LogP contribution in [0.5, 0.6) is 0 Å². The molecule has 0 bridgehead atoms. The number of nitrogens with zero attached hydrogens (tertiary/aromatic N) is 3. The molecule has 2 rings (SSSR count). The highest BCUT2D eigenvalue weighted by Gasteiger charge is 2.02. The summed E-state index contributed by atoms with van der Waals surface area (Å²) < 4.78 is 1.88. The zero-order chi connectivity index (χ0) is 9.26. The number of pyridine rings is 1. The van der Waals surface area contributed by atoms with Crippen LogP contribution in [0.1, 0.15) is 13.3 Å². The van der Waals surface area contributed by atoms with Crippen LogP contribution in [-0.2, 0) is 6.54 Å². The van der Waals surface area contributed by atoms with Crippen LogP contribution in [0.3, 0.4) is 0 Å². The monoisotopic (exact) mass is 195 g/mol. The van der Waals surface area contributed by atoms with E-state index in [2.05, 4.69) is 17.0 Å². The Morgan fingerprint density at radius 2 is 2.31 bits per heavy atom. The Bertz CT molecular complexity index is 422. The Balaban J connectivity index is 2.58. The van der Waals surface area contributed by atoms with Gasteiger partial charge in [-0.25, -0.2) is 9.67 Å². The van der Waals surface area contributed by atoms with E-state index in [1.54, 1.807) is 6.07 Å². The highest BCUT2D eigenvalue weighted by atomic mass is 35.5. The van der Waals surface area contributed by atoms with E-state index in [4.69, 9.17) is 11.6 Å². The molecule has 0 spiro atoms. The van der Waals surface area contributed by atoms with Crippen molar-refractivity contribution in [2.24, 2.45) is 0 Å². The minimum absolute atomic E-state index is 0.519. The lowest BCUT2D eigenvalue weighted by atomic mass is 10.3. The topological polar surface area (TPSA) is 30.7 Å². The summed E-state index contributed by atoms with van der Waals surface area (Å²) in [6, 6.07) is 3.71. The zero-order valence-corrected chi connectivity index (χ0v) is 8.12. The predicted octanol–water partition coefficient (Wildman–Crippen LogP) is 2.49. The second kappa shape index (κ2) is 3.34. The van der Waals surface area contributed by atoms with Gasteiger partial charge in [-0.3, -0.25) is 0 Å². The molecule has 68 valence electrons. The molecule has 0 aliphatic carbocycles. The summed E-state index contributed by atoms with van der Waals surface area (Å²) in [7, 11) is 0. The Morgan fingerprint density at radius 3 is 3.08 bits per heavy atom. The Morgan fingerprint density at radius 1 is 1.46 bits per heavy atom. The van der Waals surface area contributed by atoms with Gasteiger partial charge in [-0.1, -0.05) is 18.5 Å². The fourth-order valence-electron chi connectivity index (χ4n) is 1.31. The first kappa shape index (κ1) is 8.51. The molecular formula is C9H10ClN3. The Hall–Kier alpha value is -1.09. The molecule has 0 unspecified atom stereocenters. The minimum atomic E-state index is 0.519. The average molecular weight is 196 g/mol. The third-order valence-electron chi connectivity index (χ3n) is 1.89. The zero-order valence-electron chi connectivity index (χ0n) is 7.37. The molecule has 0 N–H and O–H groups in total. The summed E-state index contributed by atoms with van der Waals surface area (Å²) in [4.78, 5) is 4.22. The van der Waals surface area contributed by atoms with Crippen LogP contribution < -0.4 is 0 Å². The second-order valence-electron chi connectivity index (χ2n) is 2.91. The number of hydrogen-bond acceptors (Lipinski definition) is 2. The van der Waals surface area contributed by atoms with Crippen LogP contribution in [0.25, 0.3) is 11.0 Å². The lowest BCUT2D eigenvalue weighted by Crippen LogP contribution is -1.99. The fraction of sp³-hybridized carbons (Fsp3) is 0.333. The van der Waals surface area contributed by atoms with Gasteiger partial charge >= 0.3 is 0 Å². The lowest BCUT2D eigenvalue weighted by molar-refractivity contribution is 0.617. The van der Waals surface area contributed by atoms with E-state index in [1.165, 1.54) is 0 Å². The summed E-state index contributed by atoms with van der Waals surface area (Å²) in [5.41, 5.74) is 0.870. The van der Waals surface area contributed by atoms with Crippen molar-refractivity contribution in [3.63, 3.8) is 0 Å². The molecule has 0 radical (unpaired) electrons. The van der Waals surface area contributed by atoms with E-state index in [0.717, 1.165) is 24.0 Å². The first-order valence-corrected chi connectivity index (χ1v) is 4.67. The van der Waals surface area contributed by atoms with Gasteiger partial charge in [0.1, 0.15) is 5.15 Å². The van der Waals surface area contributed by atoms with Gasteiger partial charge < -0.3 is 0 Å². The molecule has 13 heavy (non-hydrogen) atoms. The van der Waals surface area contributed by atoms with Crippen molar-refractivity contribution in [1.29, 1.82) is 0 Å². The smallest absolute Gasteiger partial charge is 0.159 e. The van der Waals surface area contributed by atoms with Gasteiger partial charge in [0.05, 0.1) is 6.20 Å². The molecule has 0 amide bonds. The Labute approximate surface area is 81.3 Å². The van der Waals surface area contributed by atoms with E-state index >= 15 is 0 Å². The maximum absolute atomic E-state index is 5.80. The normalized spacial score (nSPS) is 10.9. The van der Waals surface area contributed by atoms with E-state index < -0.39 is 0 Å². The van der Waals surface area contributed by atoms with E-state index in [1.807, 2.05) is 16.9 Å². The van der Waals surface area contributed by atoms with Crippen LogP contribution in [0.2, 0.25) is 5.15 Å². The van der Waals surface area contributed by atoms with Gasteiger partial charge in [0.15, 0.2) is 5.65 Å². The maximum atomic E-state index is 5.80. The standard InChI is InChI=1S/C9H10ClN3/c1-2-5-13-9-7(6-11-13)3-4-8(10)12-9/h3-4,6H,2,5H2,1H3. The molecule has 2 aromatic rings. The van der Waals surface area contributed by atoms with Crippen LogP contribution in [-0.4, -0.2) is 14.8 Å². The van der Waals surface area contributed by atoms with Crippen LogP contribution in [0.15, 0.2) is 18.3 Å². The number of hydrogen-bond donors (Lipinski definition) is 0. The number of rotatable bonds is 2. The third kappa shape index (κ3) is 1.52. The first-order valence-electron chi connectivity index (χ1n) is 4.29. The maximum Gasteiger partial charge on any atom is 0.159 e. The molecule has 3 nitrogen and oxygen atoms in total. The molecule has 0 saturated carbocycles. The van der Waals surface area contributed by atoms with Gasteiger partial charge in [-0.2, -0.15) is 5.10 Å². The summed E-state index contributed by atoms with van der Waals surface area (Å²) in [5, 5.41) is 5.78. The van der Waals surface area contributed by atoms with Crippen LogP contribution in [0.4, 0.5) is 0 Å². The molecular weight excluding hydrogens is 186 g/mol. The molecule has 0 atom stereocenters. The highest BCUT2D eigenvalue weighted by molar-refractivity contribution is 6.29. The molecule has 2 heterocycles. The molecule has 0 saturated heterocycles. The fourth-order valence-corrected chi connectivity index (χ4v) is 1.45. The van der Waals surface area contributed by atoms with Gasteiger partial charge in [0, 0.05) is 11.9 Å². The van der Waals surface area contributed by atoms with Crippen LogP contribution in [0, 0.1) is 0 Å². The van der Waals surface area contributed by atoms with Crippen molar-refractivity contribution < 1.29 is 0 Å². The van der Waals surface area contributed by atoms with Crippen LogP contribution >= 0.6 is 11.6 Å². The van der Waals surface area contributed by atoms with E-state index in [0.29, 0.717) is 5.15 Å². The second-order valence-corrected chi connectivity index (χ2v) is 3.30. The predicted molar refractivity (Wildman–Crippen MR) is 52.8 cm³/mol. The van der Waals surface area contributed by atoms with Crippen molar-refractivity contribution in [2.75, 3.05) is 0 Å².